The predicted molar refractivity (Wildman–Crippen MR) is 141 cm³/mol. The number of carbonyl (C=O) groups is 1. The molecule has 10 nitrogen and oxygen atoms in total. The van der Waals surface area contributed by atoms with Gasteiger partial charge in [0.1, 0.15) is 30.0 Å². The number of rotatable bonds is 8. The topological polar surface area (TPSA) is 102 Å². The highest BCUT2D eigenvalue weighted by molar-refractivity contribution is 6.32. The average Bonchev–Trinajstić information content (AvgIpc) is 3.43. The van der Waals surface area contributed by atoms with Crippen LogP contribution in [0.2, 0.25) is 5.02 Å². The van der Waals surface area contributed by atoms with Crippen molar-refractivity contribution < 1.29 is 19.0 Å². The number of ether oxygens (including phenoxy) is 3. The molecule has 2 aliphatic heterocycles. The van der Waals surface area contributed by atoms with E-state index in [1.54, 1.807) is 17.0 Å². The van der Waals surface area contributed by atoms with Crippen molar-refractivity contribution in [2.24, 2.45) is 0 Å². The number of halogens is 1. The van der Waals surface area contributed by atoms with Crippen molar-refractivity contribution in [3.63, 3.8) is 0 Å². The smallest absolute Gasteiger partial charge is 0.246 e. The number of hydrogen-bond donors (Lipinski definition) is 1. The molecule has 0 unspecified atom stereocenters. The van der Waals surface area contributed by atoms with Gasteiger partial charge < -0.3 is 29.3 Å². The highest BCUT2D eigenvalue weighted by atomic mass is 35.5. The summed E-state index contributed by atoms with van der Waals surface area (Å²) in [5.41, 5.74) is 2.08. The van der Waals surface area contributed by atoms with Crippen molar-refractivity contribution in [1.29, 1.82) is 0 Å². The van der Waals surface area contributed by atoms with Crippen molar-refractivity contribution >= 4 is 45.9 Å². The molecule has 0 bridgehead atoms. The molecule has 4 heterocycles. The molecule has 194 valence electrons. The lowest BCUT2D eigenvalue weighted by Gasteiger charge is -2.26. The van der Waals surface area contributed by atoms with Gasteiger partial charge in [0.05, 0.1) is 23.8 Å². The van der Waals surface area contributed by atoms with Gasteiger partial charge in [-0.15, -0.1) is 0 Å². The van der Waals surface area contributed by atoms with Crippen LogP contribution in [-0.4, -0.2) is 78.0 Å². The third-order valence-electron chi connectivity index (χ3n) is 6.49. The van der Waals surface area contributed by atoms with E-state index in [4.69, 9.17) is 30.8 Å². The zero-order valence-electron chi connectivity index (χ0n) is 20.6. The first-order chi connectivity index (χ1) is 18.0. The van der Waals surface area contributed by atoms with E-state index in [1.165, 1.54) is 12.4 Å². The molecule has 11 heteroatoms. The number of hydrogen-bond acceptors (Lipinski definition) is 9. The van der Waals surface area contributed by atoms with Crippen LogP contribution in [0.1, 0.15) is 12.8 Å². The van der Waals surface area contributed by atoms with Crippen molar-refractivity contribution in [3.8, 4) is 5.75 Å². The van der Waals surface area contributed by atoms with Gasteiger partial charge in [-0.3, -0.25) is 4.79 Å². The zero-order chi connectivity index (χ0) is 25.8. The van der Waals surface area contributed by atoms with Crippen LogP contribution in [0.15, 0.2) is 49.3 Å². The van der Waals surface area contributed by atoms with E-state index < -0.39 is 0 Å². The monoisotopic (exact) mass is 524 g/mol. The number of likely N-dealkylation sites (N-methyl/N-ethyl adjacent to an activating group) is 1. The number of amides is 1. The van der Waals surface area contributed by atoms with Crippen molar-refractivity contribution in [1.82, 2.24) is 19.9 Å². The highest BCUT2D eigenvalue weighted by Crippen LogP contribution is 2.31. The van der Waals surface area contributed by atoms with E-state index in [1.807, 2.05) is 25.2 Å². The lowest BCUT2D eigenvalue weighted by Crippen LogP contribution is -2.36. The van der Waals surface area contributed by atoms with Gasteiger partial charge in [-0.25, -0.2) is 15.0 Å². The van der Waals surface area contributed by atoms with E-state index in [-0.39, 0.29) is 24.8 Å². The van der Waals surface area contributed by atoms with Crippen LogP contribution in [0.3, 0.4) is 0 Å². The predicted octanol–water partition coefficient (Wildman–Crippen LogP) is 3.79. The Hall–Kier alpha value is -3.47. The van der Waals surface area contributed by atoms with Gasteiger partial charge in [0.15, 0.2) is 12.1 Å². The van der Waals surface area contributed by atoms with Gasteiger partial charge >= 0.3 is 0 Å². The van der Waals surface area contributed by atoms with Gasteiger partial charge in [0.2, 0.25) is 5.91 Å². The van der Waals surface area contributed by atoms with Gasteiger partial charge in [-0.1, -0.05) is 18.2 Å². The van der Waals surface area contributed by atoms with E-state index in [9.17, 15) is 4.79 Å². The number of nitrogens with zero attached hydrogens (tertiary/aromatic N) is 5. The van der Waals surface area contributed by atoms with Crippen LogP contribution < -0.4 is 15.0 Å². The first kappa shape index (κ1) is 25.2. The number of pyridine rings is 1. The molecule has 0 radical (unpaired) electrons. The normalized spacial score (nSPS) is 18.1. The average molecular weight is 525 g/mol. The number of fused-ring (bicyclic) bond motifs is 1. The van der Waals surface area contributed by atoms with Crippen LogP contribution >= 0.6 is 11.6 Å². The fourth-order valence-electron chi connectivity index (χ4n) is 4.42. The second-order valence-corrected chi connectivity index (χ2v) is 9.31. The van der Waals surface area contributed by atoms with Crippen LogP contribution in [0.25, 0.3) is 11.0 Å². The zero-order valence-corrected chi connectivity index (χ0v) is 21.4. The maximum atomic E-state index is 12.0. The van der Waals surface area contributed by atoms with Gasteiger partial charge in [0, 0.05) is 31.9 Å². The van der Waals surface area contributed by atoms with E-state index in [0.29, 0.717) is 53.9 Å². The fraction of sp³-hybridized carbons (Fsp3) is 0.385. The summed E-state index contributed by atoms with van der Waals surface area (Å²) >= 11 is 6.48. The van der Waals surface area contributed by atoms with Gasteiger partial charge in [-0.05, 0) is 49.2 Å². The fourth-order valence-corrected chi connectivity index (χ4v) is 4.65. The first-order valence-corrected chi connectivity index (χ1v) is 12.6. The van der Waals surface area contributed by atoms with Crippen LogP contribution in [0.4, 0.5) is 17.3 Å². The molecule has 1 N–H and O–H groups in total. The molecule has 1 atom stereocenters. The minimum Gasteiger partial charge on any atom is -0.487 e. The van der Waals surface area contributed by atoms with E-state index in [2.05, 4.69) is 26.8 Å². The lowest BCUT2D eigenvalue weighted by atomic mass is 10.2. The maximum absolute atomic E-state index is 12.0. The summed E-state index contributed by atoms with van der Waals surface area (Å²) in [7, 11) is 1.99. The number of benzene rings is 1. The summed E-state index contributed by atoms with van der Waals surface area (Å²) in [6, 6.07) is 9.43. The summed E-state index contributed by atoms with van der Waals surface area (Å²) < 4.78 is 16.8. The Kier molecular flexibility index (Phi) is 7.68. The third kappa shape index (κ3) is 5.76. The third-order valence-corrected chi connectivity index (χ3v) is 6.79. The second kappa shape index (κ2) is 11.3. The second-order valence-electron chi connectivity index (χ2n) is 8.91. The number of anilines is 3. The quantitative estimate of drug-likeness (QED) is 0.441. The molecule has 0 saturated carbocycles. The van der Waals surface area contributed by atoms with Crippen LogP contribution in [0, 0.1) is 0 Å². The molecule has 5 rings (SSSR count). The Balaban J connectivity index is 1.30. The van der Waals surface area contributed by atoms with Gasteiger partial charge in [0.25, 0.3) is 0 Å². The molecule has 2 aliphatic rings. The molecule has 2 aromatic heterocycles. The molecule has 1 aromatic carbocycles. The number of carbonyl (C=O) groups excluding carboxylic acids is 1. The first-order valence-electron chi connectivity index (χ1n) is 12.2. The minimum absolute atomic E-state index is 0.0482. The molecule has 0 aliphatic carbocycles. The largest absolute Gasteiger partial charge is 0.487 e. The summed E-state index contributed by atoms with van der Waals surface area (Å²) in [5.74, 6) is 1.83. The highest BCUT2D eigenvalue weighted by Gasteiger charge is 2.28. The number of likely N-dealkylation sites (tertiary alicyclic amines) is 1. The Bertz CT molecular complexity index is 1290. The molecule has 2 fully saturated rings. The minimum atomic E-state index is -0.386. The summed E-state index contributed by atoms with van der Waals surface area (Å²) in [5, 5.41) is 3.75. The lowest BCUT2D eigenvalue weighted by molar-refractivity contribution is -0.191. The molecule has 2 saturated heterocycles. The Labute approximate surface area is 220 Å². The van der Waals surface area contributed by atoms with E-state index >= 15 is 0 Å². The molecular formula is C26H29ClN6O4. The van der Waals surface area contributed by atoms with E-state index in [0.717, 1.165) is 24.3 Å². The van der Waals surface area contributed by atoms with Crippen molar-refractivity contribution in [2.45, 2.75) is 25.2 Å². The van der Waals surface area contributed by atoms with Crippen LogP contribution in [0.5, 0.6) is 5.75 Å². The Morgan fingerprint density at radius 3 is 2.92 bits per heavy atom. The maximum Gasteiger partial charge on any atom is 0.246 e. The molecule has 1 amide bonds. The number of nitrogens with one attached hydrogen (secondary N) is 1. The number of aromatic nitrogens is 3. The molecule has 3 aromatic rings. The molecule has 0 spiro atoms. The summed E-state index contributed by atoms with van der Waals surface area (Å²) in [6.45, 7) is 6.51. The Morgan fingerprint density at radius 2 is 2.14 bits per heavy atom. The molecule has 37 heavy (non-hydrogen) atoms. The summed E-state index contributed by atoms with van der Waals surface area (Å²) in [6.07, 6.45) is 4.21. The standard InChI is InChI=1S/C26H29ClN6O4/c1-3-23(34)33-10-9-18(14-33)32(2)22-8-6-20-25(31-22)26(29-16-28-20)30-17-5-7-21(19(27)13-17)37-15-24-35-11-4-12-36-24/h3,5-8,13,16,18,24H,1,4,9-12,14-15H2,2H3,(H,28,29,30)/t18-/m0/s1. The Morgan fingerprint density at radius 1 is 1.30 bits per heavy atom. The summed E-state index contributed by atoms with van der Waals surface area (Å²) in [4.78, 5) is 29.5. The molecular weight excluding hydrogens is 496 g/mol. The van der Waals surface area contributed by atoms with Crippen molar-refractivity contribution in [3.05, 3.63) is 54.3 Å². The van der Waals surface area contributed by atoms with Gasteiger partial charge in [-0.2, -0.15) is 0 Å². The van der Waals surface area contributed by atoms with Crippen molar-refractivity contribution in [2.75, 3.05) is 50.2 Å². The SMILES string of the molecule is C=CC(=O)N1CC[C@H](N(C)c2ccc3ncnc(Nc4ccc(OCC5OCCCO5)c(Cl)c4)c3n2)C1. The van der Waals surface area contributed by atoms with Crippen LogP contribution in [-0.2, 0) is 14.3 Å².